The molecule has 0 bridgehead atoms. The molecule has 0 saturated heterocycles. The van der Waals surface area contributed by atoms with E-state index in [1.807, 2.05) is 0 Å². The van der Waals surface area contributed by atoms with Gasteiger partial charge in [-0.2, -0.15) is 0 Å². The van der Waals surface area contributed by atoms with Gasteiger partial charge in [-0.05, 0) is 95.8 Å². The number of rotatable bonds is 5. The SMILES string of the molecule is CC12C=CC=CC1B1c3ccc(N(c4ccccc4)c4ccccc4)cc3N(c3cccc4ccccc34)c3cccc(c31)N2c1ccccc1. The normalized spacial score (nSPS) is 18.3. The van der Waals surface area contributed by atoms with Crippen LogP contribution in [0.3, 0.4) is 0 Å². The Hall–Kier alpha value is -6.26. The first kappa shape index (κ1) is 29.6. The summed E-state index contributed by atoms with van der Waals surface area (Å²) in [5.74, 6) is 0.204. The van der Waals surface area contributed by atoms with Crippen LogP contribution in [0.5, 0.6) is 0 Å². The van der Waals surface area contributed by atoms with Crippen LogP contribution in [-0.4, -0.2) is 12.3 Å². The van der Waals surface area contributed by atoms with Crippen molar-refractivity contribution in [3.05, 3.63) is 194 Å². The van der Waals surface area contributed by atoms with Crippen LogP contribution in [-0.2, 0) is 0 Å². The first-order valence-electron chi connectivity index (χ1n) is 17.9. The van der Waals surface area contributed by atoms with E-state index in [1.54, 1.807) is 0 Å². The van der Waals surface area contributed by atoms with E-state index < -0.39 is 0 Å². The van der Waals surface area contributed by atoms with E-state index in [-0.39, 0.29) is 18.1 Å². The maximum Gasteiger partial charge on any atom is 0.227 e. The summed E-state index contributed by atoms with van der Waals surface area (Å²) in [4.78, 5) is 7.50. The summed E-state index contributed by atoms with van der Waals surface area (Å²) in [7, 11) is 0. The van der Waals surface area contributed by atoms with E-state index in [0.29, 0.717) is 0 Å². The predicted octanol–water partition coefficient (Wildman–Crippen LogP) is 11.1. The highest BCUT2D eigenvalue weighted by molar-refractivity contribution is 6.91. The lowest BCUT2D eigenvalue weighted by atomic mass is 9.27. The zero-order valence-corrected chi connectivity index (χ0v) is 28.5. The molecule has 242 valence electrons. The summed E-state index contributed by atoms with van der Waals surface area (Å²) in [5.41, 5.74) is 11.9. The van der Waals surface area contributed by atoms with E-state index in [9.17, 15) is 0 Å². The Morgan fingerprint density at radius 3 is 1.94 bits per heavy atom. The van der Waals surface area contributed by atoms with Gasteiger partial charge in [-0.15, -0.1) is 0 Å². The number of fused-ring (bicyclic) bond motifs is 5. The van der Waals surface area contributed by atoms with Crippen molar-refractivity contribution < 1.29 is 0 Å². The molecule has 3 nitrogen and oxygen atoms in total. The Morgan fingerprint density at radius 1 is 0.549 bits per heavy atom. The van der Waals surface area contributed by atoms with Crippen LogP contribution >= 0.6 is 0 Å². The van der Waals surface area contributed by atoms with E-state index in [4.69, 9.17) is 0 Å². The zero-order valence-electron chi connectivity index (χ0n) is 28.5. The lowest BCUT2D eigenvalue weighted by Crippen LogP contribution is -2.65. The lowest BCUT2D eigenvalue weighted by Gasteiger charge is -2.55. The first-order chi connectivity index (χ1) is 25.2. The van der Waals surface area contributed by atoms with Crippen molar-refractivity contribution >= 4 is 73.9 Å². The molecule has 0 amide bonds. The lowest BCUT2D eigenvalue weighted by molar-refractivity contribution is 0.559. The number of para-hydroxylation sites is 3. The summed E-state index contributed by atoms with van der Waals surface area (Å²) in [6.07, 6.45) is 9.35. The van der Waals surface area contributed by atoms with Crippen LogP contribution in [0.25, 0.3) is 10.8 Å². The van der Waals surface area contributed by atoms with Crippen molar-refractivity contribution in [3.8, 4) is 0 Å². The molecule has 7 aromatic rings. The number of hydrogen-bond donors (Lipinski definition) is 0. The number of benzene rings is 7. The van der Waals surface area contributed by atoms with Crippen LogP contribution in [0, 0.1) is 0 Å². The molecule has 0 N–H and O–H groups in total. The quantitative estimate of drug-likeness (QED) is 0.171. The van der Waals surface area contributed by atoms with Gasteiger partial charge in [0.05, 0.1) is 11.2 Å². The number of anilines is 8. The third-order valence-electron chi connectivity index (χ3n) is 11.1. The van der Waals surface area contributed by atoms with Crippen molar-refractivity contribution in [2.45, 2.75) is 18.3 Å². The second kappa shape index (κ2) is 11.7. The molecule has 0 spiro atoms. The van der Waals surface area contributed by atoms with Gasteiger partial charge in [-0.3, -0.25) is 0 Å². The molecule has 4 heteroatoms. The van der Waals surface area contributed by atoms with E-state index in [0.717, 1.165) is 17.1 Å². The Labute approximate surface area is 300 Å². The fourth-order valence-electron chi connectivity index (χ4n) is 8.97. The molecule has 2 atom stereocenters. The minimum Gasteiger partial charge on any atom is -0.333 e. The minimum atomic E-state index is -0.274. The zero-order chi connectivity index (χ0) is 33.9. The van der Waals surface area contributed by atoms with Gasteiger partial charge in [0.2, 0.25) is 6.71 Å². The van der Waals surface area contributed by atoms with Crippen LogP contribution in [0.4, 0.5) is 45.5 Å². The molecule has 3 aliphatic rings. The third kappa shape index (κ3) is 4.53. The maximum atomic E-state index is 2.58. The first-order valence-corrected chi connectivity index (χ1v) is 17.9. The average Bonchev–Trinajstić information content (AvgIpc) is 3.19. The van der Waals surface area contributed by atoms with Gasteiger partial charge in [0, 0.05) is 45.2 Å². The number of hydrogen-bond acceptors (Lipinski definition) is 3. The minimum absolute atomic E-state index is 0.152. The fraction of sp³-hybridized carbons (Fsp3) is 0.0638. The summed E-state index contributed by atoms with van der Waals surface area (Å²) in [6.45, 7) is 2.57. The molecule has 0 aromatic heterocycles. The van der Waals surface area contributed by atoms with Crippen molar-refractivity contribution in [2.75, 3.05) is 14.7 Å². The number of nitrogens with zero attached hydrogens (tertiary/aromatic N) is 3. The van der Waals surface area contributed by atoms with Gasteiger partial charge in [0.1, 0.15) is 0 Å². The molecule has 7 aromatic carbocycles. The van der Waals surface area contributed by atoms with Crippen LogP contribution in [0.15, 0.2) is 194 Å². The van der Waals surface area contributed by atoms with Crippen LogP contribution < -0.4 is 25.6 Å². The fourth-order valence-corrected chi connectivity index (χ4v) is 8.97. The second-order valence-electron chi connectivity index (χ2n) is 13.9. The molecule has 0 radical (unpaired) electrons. The molecular weight excluding hydrogens is 617 g/mol. The molecule has 2 heterocycles. The maximum absolute atomic E-state index is 2.58. The Balaban J connectivity index is 1.28. The largest absolute Gasteiger partial charge is 0.333 e. The van der Waals surface area contributed by atoms with Crippen molar-refractivity contribution in [1.29, 1.82) is 0 Å². The predicted molar refractivity (Wildman–Crippen MR) is 217 cm³/mol. The van der Waals surface area contributed by atoms with E-state index in [2.05, 4.69) is 216 Å². The topological polar surface area (TPSA) is 9.72 Å². The molecule has 1 aliphatic carbocycles. The highest BCUT2D eigenvalue weighted by Gasteiger charge is 2.54. The third-order valence-corrected chi connectivity index (χ3v) is 11.1. The average molecular weight is 654 g/mol. The highest BCUT2D eigenvalue weighted by Crippen LogP contribution is 2.53. The summed E-state index contributed by atoms with van der Waals surface area (Å²) >= 11 is 0. The van der Waals surface area contributed by atoms with Crippen molar-refractivity contribution in [3.63, 3.8) is 0 Å². The van der Waals surface area contributed by atoms with Gasteiger partial charge >= 0.3 is 0 Å². The Kier molecular flexibility index (Phi) is 6.79. The molecule has 2 aliphatic heterocycles. The Bertz CT molecular complexity index is 2430. The van der Waals surface area contributed by atoms with Crippen molar-refractivity contribution in [1.82, 2.24) is 0 Å². The molecule has 10 rings (SSSR count). The molecule has 2 unspecified atom stereocenters. The van der Waals surface area contributed by atoms with E-state index >= 15 is 0 Å². The van der Waals surface area contributed by atoms with Gasteiger partial charge in [-0.25, -0.2) is 0 Å². The van der Waals surface area contributed by atoms with Gasteiger partial charge in [-0.1, -0.05) is 127 Å². The van der Waals surface area contributed by atoms with Gasteiger partial charge < -0.3 is 14.7 Å². The number of allylic oxidation sites excluding steroid dienone is 2. The molecule has 0 saturated carbocycles. The van der Waals surface area contributed by atoms with Gasteiger partial charge in [0.15, 0.2) is 0 Å². The molecular formula is C47H36BN3. The molecule has 0 fully saturated rings. The van der Waals surface area contributed by atoms with Gasteiger partial charge in [0.25, 0.3) is 0 Å². The summed E-state index contributed by atoms with van der Waals surface area (Å²) in [6, 6.07) is 61.9. The van der Waals surface area contributed by atoms with Crippen molar-refractivity contribution in [2.24, 2.45) is 0 Å². The molecule has 51 heavy (non-hydrogen) atoms. The smallest absolute Gasteiger partial charge is 0.227 e. The van der Waals surface area contributed by atoms with Crippen LogP contribution in [0.1, 0.15) is 6.92 Å². The summed E-state index contributed by atoms with van der Waals surface area (Å²) in [5, 5.41) is 2.46. The standard InChI is InChI=1S/C47H36BN3/c1-47-32-14-13-29-45(47)48-40-31-30-38(49(35-19-5-2-6-20-35)36-21-7-3-8-22-36)33-44(40)50(41-26-15-18-34-17-11-12-25-39(34)41)42-27-16-28-43(46(42)48)51(47)37-23-9-4-10-24-37/h2-33,45H,1H3. The monoisotopic (exact) mass is 653 g/mol. The van der Waals surface area contributed by atoms with Crippen LogP contribution in [0.2, 0.25) is 5.82 Å². The Morgan fingerprint density at radius 2 is 1.18 bits per heavy atom. The second-order valence-corrected chi connectivity index (χ2v) is 13.9. The summed E-state index contributed by atoms with van der Waals surface area (Å²) < 4.78 is 0. The highest BCUT2D eigenvalue weighted by atomic mass is 15.2. The van der Waals surface area contributed by atoms with E-state index in [1.165, 1.54) is 50.1 Å².